The molecular formula is C12H21N5OS. The van der Waals surface area contributed by atoms with Gasteiger partial charge in [0.1, 0.15) is 10.6 Å². The number of amides is 1. The average molecular weight is 283 g/mol. The first-order valence-corrected chi connectivity index (χ1v) is 7.28. The summed E-state index contributed by atoms with van der Waals surface area (Å²) in [6.45, 7) is 8.23. The molecule has 19 heavy (non-hydrogen) atoms. The van der Waals surface area contributed by atoms with Crippen LogP contribution in [0.2, 0.25) is 0 Å². The minimum atomic E-state index is -0.160. The number of hydrogen-bond donors (Lipinski definition) is 2. The van der Waals surface area contributed by atoms with E-state index in [0.29, 0.717) is 17.4 Å². The summed E-state index contributed by atoms with van der Waals surface area (Å²) in [6.07, 6.45) is 0. The molecule has 0 bridgehead atoms. The maximum Gasteiger partial charge on any atom is 0.257 e. The van der Waals surface area contributed by atoms with Crippen molar-refractivity contribution in [2.75, 3.05) is 43.9 Å². The fourth-order valence-electron chi connectivity index (χ4n) is 2.29. The van der Waals surface area contributed by atoms with Crippen molar-refractivity contribution in [2.24, 2.45) is 0 Å². The summed E-state index contributed by atoms with van der Waals surface area (Å²) in [7, 11) is 1.61. The zero-order valence-electron chi connectivity index (χ0n) is 11.6. The Morgan fingerprint density at radius 3 is 2.53 bits per heavy atom. The summed E-state index contributed by atoms with van der Waals surface area (Å²) in [4.78, 5) is 16.5. The van der Waals surface area contributed by atoms with Crippen molar-refractivity contribution in [3.63, 3.8) is 0 Å². The molecule has 0 spiro atoms. The molecule has 0 aliphatic carbocycles. The Hall–Kier alpha value is -1.34. The van der Waals surface area contributed by atoms with Gasteiger partial charge in [-0.2, -0.15) is 4.37 Å². The van der Waals surface area contributed by atoms with E-state index < -0.39 is 0 Å². The highest BCUT2D eigenvalue weighted by molar-refractivity contribution is 7.11. The molecular weight excluding hydrogens is 262 g/mol. The molecule has 1 aliphatic rings. The highest BCUT2D eigenvalue weighted by Gasteiger charge is 2.26. The van der Waals surface area contributed by atoms with Crippen LogP contribution in [0, 0.1) is 0 Å². The van der Waals surface area contributed by atoms with Gasteiger partial charge in [0.05, 0.1) is 0 Å². The second kappa shape index (κ2) is 5.75. The molecule has 1 aromatic rings. The Morgan fingerprint density at radius 2 is 2.00 bits per heavy atom. The van der Waals surface area contributed by atoms with Crippen LogP contribution in [0.1, 0.15) is 24.2 Å². The van der Waals surface area contributed by atoms with Crippen LogP contribution >= 0.6 is 11.5 Å². The number of carbonyl (C=O) groups excluding carboxylic acids is 1. The van der Waals surface area contributed by atoms with Crippen molar-refractivity contribution in [3.05, 3.63) is 5.56 Å². The first kappa shape index (κ1) is 14.1. The highest BCUT2D eigenvalue weighted by Crippen LogP contribution is 2.31. The van der Waals surface area contributed by atoms with Gasteiger partial charge in [-0.05, 0) is 25.4 Å². The zero-order chi connectivity index (χ0) is 14.0. The molecule has 0 atom stereocenters. The highest BCUT2D eigenvalue weighted by atomic mass is 32.1. The Bertz CT molecular complexity index is 451. The van der Waals surface area contributed by atoms with Crippen molar-refractivity contribution in [3.8, 4) is 0 Å². The number of nitrogens with zero attached hydrogens (tertiary/aromatic N) is 3. The van der Waals surface area contributed by atoms with E-state index in [2.05, 4.69) is 33.3 Å². The van der Waals surface area contributed by atoms with E-state index in [-0.39, 0.29) is 5.91 Å². The summed E-state index contributed by atoms with van der Waals surface area (Å²) in [5.74, 6) is 0.165. The molecule has 1 aromatic heterocycles. The van der Waals surface area contributed by atoms with E-state index >= 15 is 0 Å². The molecule has 3 N–H and O–H groups in total. The number of hydrogen-bond acceptors (Lipinski definition) is 6. The number of carbonyl (C=O) groups is 1. The van der Waals surface area contributed by atoms with Gasteiger partial charge in [0.15, 0.2) is 5.82 Å². The van der Waals surface area contributed by atoms with Crippen LogP contribution in [-0.2, 0) is 0 Å². The maximum absolute atomic E-state index is 11.9. The van der Waals surface area contributed by atoms with Gasteiger partial charge in [0, 0.05) is 39.3 Å². The molecule has 0 saturated carbocycles. The van der Waals surface area contributed by atoms with Gasteiger partial charge >= 0.3 is 0 Å². The van der Waals surface area contributed by atoms with E-state index in [1.54, 1.807) is 7.05 Å². The second-order valence-electron chi connectivity index (χ2n) is 4.94. The zero-order valence-corrected chi connectivity index (χ0v) is 12.5. The number of piperazine rings is 1. The third-order valence-electron chi connectivity index (χ3n) is 3.49. The lowest BCUT2D eigenvalue weighted by Gasteiger charge is -2.37. The molecule has 0 unspecified atom stereocenters. The molecule has 1 amide bonds. The van der Waals surface area contributed by atoms with Crippen molar-refractivity contribution >= 4 is 28.3 Å². The monoisotopic (exact) mass is 283 g/mol. The minimum Gasteiger partial charge on any atom is -0.382 e. The van der Waals surface area contributed by atoms with Crippen LogP contribution < -0.4 is 16.0 Å². The predicted molar refractivity (Wildman–Crippen MR) is 78.8 cm³/mol. The first-order chi connectivity index (χ1) is 9.04. The Morgan fingerprint density at radius 1 is 1.37 bits per heavy atom. The van der Waals surface area contributed by atoms with Crippen LogP contribution in [0.25, 0.3) is 0 Å². The molecule has 2 heterocycles. The summed E-state index contributed by atoms with van der Waals surface area (Å²) in [6, 6.07) is 0.562. The lowest BCUT2D eigenvalue weighted by Crippen LogP contribution is -2.49. The lowest BCUT2D eigenvalue weighted by molar-refractivity contribution is 0.0964. The molecule has 106 valence electrons. The molecule has 0 aromatic carbocycles. The van der Waals surface area contributed by atoms with E-state index in [9.17, 15) is 4.79 Å². The second-order valence-corrected chi connectivity index (χ2v) is 5.70. The Balaban J connectivity index is 2.14. The number of nitrogens with one attached hydrogen (secondary N) is 1. The van der Waals surface area contributed by atoms with E-state index in [1.807, 2.05) is 0 Å². The lowest BCUT2D eigenvalue weighted by atomic mass is 10.2. The quantitative estimate of drug-likeness (QED) is 0.850. The Labute approximate surface area is 117 Å². The van der Waals surface area contributed by atoms with Gasteiger partial charge in [-0.25, -0.2) is 0 Å². The first-order valence-electron chi connectivity index (χ1n) is 6.50. The van der Waals surface area contributed by atoms with Crippen LogP contribution in [0.15, 0.2) is 0 Å². The smallest absolute Gasteiger partial charge is 0.257 e. The standard InChI is InChI=1S/C12H21N5OS/c1-8(2)16-4-6-17(7-5-16)12-9(11(18)14-3)10(13)15-19-12/h8H,4-7H2,1-3H3,(H2,13,15)(H,14,18). The topological polar surface area (TPSA) is 74.5 Å². The Kier molecular flexibility index (Phi) is 4.26. The van der Waals surface area contributed by atoms with Crippen molar-refractivity contribution in [1.29, 1.82) is 0 Å². The molecule has 1 aliphatic heterocycles. The van der Waals surface area contributed by atoms with Gasteiger partial charge in [-0.15, -0.1) is 0 Å². The van der Waals surface area contributed by atoms with Gasteiger partial charge in [0.2, 0.25) is 0 Å². The fourth-order valence-corrected chi connectivity index (χ4v) is 3.15. The number of nitrogens with two attached hydrogens (primary N) is 1. The van der Waals surface area contributed by atoms with Crippen LogP contribution in [0.5, 0.6) is 0 Å². The van der Waals surface area contributed by atoms with Crippen molar-refractivity contribution in [1.82, 2.24) is 14.6 Å². The summed E-state index contributed by atoms with van der Waals surface area (Å²) in [5, 5.41) is 3.51. The average Bonchev–Trinajstić information content (AvgIpc) is 2.80. The van der Waals surface area contributed by atoms with Crippen molar-refractivity contribution < 1.29 is 4.79 Å². The van der Waals surface area contributed by atoms with Gasteiger partial charge in [-0.3, -0.25) is 9.69 Å². The predicted octanol–water partition coefficient (Wildman–Crippen LogP) is 0.615. The van der Waals surface area contributed by atoms with Crippen molar-refractivity contribution in [2.45, 2.75) is 19.9 Å². The third-order valence-corrected chi connectivity index (χ3v) is 4.41. The third kappa shape index (κ3) is 2.82. The molecule has 1 fully saturated rings. The molecule has 6 nitrogen and oxygen atoms in total. The molecule has 0 radical (unpaired) electrons. The number of nitrogen functional groups attached to an aromatic ring is 1. The summed E-state index contributed by atoms with van der Waals surface area (Å²) < 4.78 is 4.12. The largest absolute Gasteiger partial charge is 0.382 e. The molecule has 1 saturated heterocycles. The molecule has 7 heteroatoms. The summed E-state index contributed by atoms with van der Waals surface area (Å²) in [5.41, 5.74) is 6.32. The normalized spacial score (nSPS) is 16.9. The van der Waals surface area contributed by atoms with Crippen LogP contribution in [-0.4, -0.2) is 54.4 Å². The fraction of sp³-hybridized carbons (Fsp3) is 0.667. The number of anilines is 2. The van der Waals surface area contributed by atoms with E-state index in [4.69, 9.17) is 5.73 Å². The van der Waals surface area contributed by atoms with Gasteiger partial charge in [0.25, 0.3) is 5.91 Å². The molecule has 2 rings (SSSR count). The SMILES string of the molecule is CNC(=O)c1c(N)nsc1N1CCN(C(C)C)CC1. The van der Waals surface area contributed by atoms with Crippen LogP contribution in [0.4, 0.5) is 10.8 Å². The van der Waals surface area contributed by atoms with Crippen LogP contribution in [0.3, 0.4) is 0 Å². The van der Waals surface area contributed by atoms with Gasteiger partial charge < -0.3 is 16.0 Å². The van der Waals surface area contributed by atoms with E-state index in [0.717, 1.165) is 31.2 Å². The summed E-state index contributed by atoms with van der Waals surface area (Å²) >= 11 is 1.31. The van der Waals surface area contributed by atoms with Gasteiger partial charge in [-0.1, -0.05) is 0 Å². The van der Waals surface area contributed by atoms with E-state index in [1.165, 1.54) is 11.5 Å². The number of rotatable bonds is 3. The number of aromatic nitrogens is 1. The minimum absolute atomic E-state index is 0.160. The maximum atomic E-state index is 11.9.